The van der Waals surface area contributed by atoms with Crippen LogP contribution in [0, 0.1) is 24.7 Å². The molecule has 5 nitrogen and oxygen atoms in total. The van der Waals surface area contributed by atoms with Crippen LogP contribution in [-0.2, 0) is 0 Å². The third-order valence-electron chi connectivity index (χ3n) is 13.9. The molecule has 2 aliphatic rings. The van der Waals surface area contributed by atoms with Crippen LogP contribution in [0.15, 0.2) is 194 Å². The van der Waals surface area contributed by atoms with Gasteiger partial charge in [-0.05, 0) is 87.2 Å². The topological polar surface area (TPSA) is 48.5 Å². The standard InChI is InChI=1S/C61H34BN5/c1-3-37-23-27-39(28-24-37)44-31-33-48-57-54(44)46-19-11-13-21-50(46)66(57)52-35-43(61-64-59(41-15-7-5-8-16-41)63-60(65-61)42-17-9-6-10-18-42)36-53-56(52)62(48)49-34-32-45(40-29-25-38(4-2)26-30-40)55-47-20-12-14-22-51(47)67(53)58(49)55/h1-2,5-36H. The van der Waals surface area contributed by atoms with E-state index in [1.54, 1.807) is 0 Å². The van der Waals surface area contributed by atoms with E-state index in [-0.39, 0.29) is 6.71 Å². The molecule has 0 radical (unpaired) electrons. The molecule has 0 fully saturated rings. The number of rotatable bonds is 5. The van der Waals surface area contributed by atoms with Gasteiger partial charge in [0.05, 0.1) is 11.0 Å². The summed E-state index contributed by atoms with van der Waals surface area (Å²) in [6, 6.07) is 68.8. The smallest absolute Gasteiger partial charge is 0.252 e. The number of hydrogen-bond donors (Lipinski definition) is 0. The second kappa shape index (κ2) is 14.1. The summed E-state index contributed by atoms with van der Waals surface area (Å²) in [5, 5.41) is 4.80. The Morgan fingerprint density at radius 2 is 0.791 bits per heavy atom. The van der Waals surface area contributed by atoms with Crippen LogP contribution in [0.3, 0.4) is 0 Å². The minimum Gasteiger partial charge on any atom is -0.310 e. The molecule has 9 aromatic carbocycles. The number of fused-ring (bicyclic) bond motifs is 10. The highest BCUT2D eigenvalue weighted by Crippen LogP contribution is 2.45. The second-order valence-corrected chi connectivity index (χ2v) is 17.4. The van der Waals surface area contributed by atoms with Crippen molar-refractivity contribution in [3.63, 3.8) is 0 Å². The van der Waals surface area contributed by atoms with Crippen molar-refractivity contribution in [2.24, 2.45) is 0 Å². The van der Waals surface area contributed by atoms with Gasteiger partial charge in [-0.25, -0.2) is 15.0 Å². The fourth-order valence-electron chi connectivity index (χ4n) is 11.0. The molecule has 306 valence electrons. The third kappa shape index (κ3) is 5.33. The summed E-state index contributed by atoms with van der Waals surface area (Å²) in [5.41, 5.74) is 19.6. The summed E-state index contributed by atoms with van der Waals surface area (Å²) in [6.07, 6.45) is 11.7. The zero-order valence-corrected chi connectivity index (χ0v) is 35.9. The van der Waals surface area contributed by atoms with Gasteiger partial charge in [-0.1, -0.05) is 157 Å². The molecule has 0 N–H and O–H groups in total. The maximum absolute atomic E-state index is 5.85. The zero-order chi connectivity index (χ0) is 44.3. The fraction of sp³-hybridized carbons (Fsp3) is 0. The average Bonchev–Trinajstić information content (AvgIpc) is 3.94. The Bertz CT molecular complexity index is 3890. The van der Waals surface area contributed by atoms with Crippen LogP contribution in [0.1, 0.15) is 11.1 Å². The van der Waals surface area contributed by atoms with Crippen molar-refractivity contribution in [1.29, 1.82) is 0 Å². The lowest BCUT2D eigenvalue weighted by Crippen LogP contribution is -2.59. The van der Waals surface area contributed by atoms with E-state index >= 15 is 0 Å². The third-order valence-corrected chi connectivity index (χ3v) is 13.9. The van der Waals surface area contributed by atoms with Gasteiger partial charge in [-0.3, -0.25) is 0 Å². The molecule has 12 aromatic rings. The van der Waals surface area contributed by atoms with Crippen molar-refractivity contribution < 1.29 is 0 Å². The normalized spacial score (nSPS) is 12.1. The molecule has 0 saturated carbocycles. The van der Waals surface area contributed by atoms with Gasteiger partial charge in [0, 0.05) is 71.8 Å². The molecule has 3 aromatic heterocycles. The first-order chi connectivity index (χ1) is 33.1. The number of terminal acetylenes is 2. The van der Waals surface area contributed by atoms with Gasteiger partial charge in [0.1, 0.15) is 0 Å². The van der Waals surface area contributed by atoms with E-state index in [4.69, 9.17) is 27.8 Å². The lowest BCUT2D eigenvalue weighted by molar-refractivity contribution is 1.07. The van der Waals surface area contributed by atoms with Crippen LogP contribution in [0.2, 0.25) is 0 Å². The van der Waals surface area contributed by atoms with E-state index in [1.165, 1.54) is 49.0 Å². The first-order valence-electron chi connectivity index (χ1n) is 22.5. The van der Waals surface area contributed by atoms with Gasteiger partial charge in [0.25, 0.3) is 6.71 Å². The quantitative estimate of drug-likeness (QED) is 0.128. The highest BCUT2D eigenvalue weighted by Gasteiger charge is 2.42. The highest BCUT2D eigenvalue weighted by atomic mass is 15.1. The molecule has 0 aliphatic carbocycles. The average molecular weight is 848 g/mol. The molecule has 0 unspecified atom stereocenters. The van der Waals surface area contributed by atoms with Crippen LogP contribution in [0.25, 0.3) is 111 Å². The monoisotopic (exact) mass is 847 g/mol. The Hall–Kier alpha value is -9.23. The first-order valence-corrected chi connectivity index (χ1v) is 22.5. The molecule has 6 heteroatoms. The minimum absolute atomic E-state index is 0.0912. The van der Waals surface area contributed by atoms with E-state index in [0.29, 0.717) is 17.5 Å². The maximum atomic E-state index is 5.85. The molecule has 67 heavy (non-hydrogen) atoms. The summed E-state index contributed by atoms with van der Waals surface area (Å²) >= 11 is 0. The summed E-state index contributed by atoms with van der Waals surface area (Å²) in [7, 11) is 0. The van der Waals surface area contributed by atoms with Gasteiger partial charge in [0.2, 0.25) is 0 Å². The Balaban J connectivity index is 1.14. The van der Waals surface area contributed by atoms with Crippen molar-refractivity contribution in [1.82, 2.24) is 24.1 Å². The molecule has 5 heterocycles. The lowest BCUT2D eigenvalue weighted by atomic mass is 9.34. The lowest BCUT2D eigenvalue weighted by Gasteiger charge is -2.34. The molecular weight excluding hydrogens is 814 g/mol. The van der Waals surface area contributed by atoms with Crippen LogP contribution >= 0.6 is 0 Å². The summed E-state index contributed by atoms with van der Waals surface area (Å²) in [5.74, 6) is 7.44. The van der Waals surface area contributed by atoms with Crippen molar-refractivity contribution in [2.45, 2.75) is 0 Å². The summed E-state index contributed by atoms with van der Waals surface area (Å²) in [6.45, 7) is -0.0912. The minimum atomic E-state index is -0.0912. The summed E-state index contributed by atoms with van der Waals surface area (Å²) in [4.78, 5) is 15.7. The zero-order valence-electron chi connectivity index (χ0n) is 35.9. The van der Waals surface area contributed by atoms with Crippen LogP contribution in [0.5, 0.6) is 0 Å². The van der Waals surface area contributed by atoms with E-state index < -0.39 is 0 Å². The molecule has 0 spiro atoms. The van der Waals surface area contributed by atoms with Crippen LogP contribution < -0.4 is 16.4 Å². The predicted molar refractivity (Wildman–Crippen MR) is 276 cm³/mol. The molecule has 0 bridgehead atoms. The van der Waals surface area contributed by atoms with Gasteiger partial charge in [0.15, 0.2) is 17.5 Å². The molecule has 0 amide bonds. The van der Waals surface area contributed by atoms with Gasteiger partial charge in [-0.2, -0.15) is 0 Å². The molecule has 0 saturated heterocycles. The Morgan fingerprint density at radius 1 is 0.388 bits per heavy atom. The van der Waals surface area contributed by atoms with E-state index in [1.807, 2.05) is 60.7 Å². The second-order valence-electron chi connectivity index (χ2n) is 17.4. The van der Waals surface area contributed by atoms with Crippen LogP contribution in [0.4, 0.5) is 0 Å². The fourth-order valence-corrected chi connectivity index (χ4v) is 11.0. The first kappa shape index (κ1) is 37.2. The van der Waals surface area contributed by atoms with E-state index in [0.717, 1.165) is 72.5 Å². The van der Waals surface area contributed by atoms with Crippen molar-refractivity contribution in [2.75, 3.05) is 0 Å². The molecular formula is C61H34BN5. The summed E-state index contributed by atoms with van der Waals surface area (Å²) < 4.78 is 5.01. The van der Waals surface area contributed by atoms with Gasteiger partial charge in [-0.15, -0.1) is 12.8 Å². The van der Waals surface area contributed by atoms with Gasteiger partial charge < -0.3 is 9.13 Å². The number of hydrogen-bond acceptors (Lipinski definition) is 3. The Labute approximate surface area is 386 Å². The Morgan fingerprint density at radius 3 is 1.22 bits per heavy atom. The number of benzene rings is 9. The number of nitrogens with zero attached hydrogens (tertiary/aromatic N) is 5. The molecule has 14 rings (SSSR count). The SMILES string of the molecule is C#Cc1ccc(-c2ccc3c4c2c2ccccc2n4-c2cc(-c4nc(-c5ccccc5)nc(-c5ccccc5)n4)cc4c2B3c2ccc(-c3ccc(C#C)cc3)c3c5ccccc5n-4c23)cc1. The van der Waals surface area contributed by atoms with Crippen molar-refractivity contribution in [3.05, 3.63) is 205 Å². The number of para-hydroxylation sites is 2. The van der Waals surface area contributed by atoms with Crippen LogP contribution in [-0.4, -0.2) is 30.8 Å². The molecule has 2 aliphatic heterocycles. The van der Waals surface area contributed by atoms with E-state index in [9.17, 15) is 0 Å². The van der Waals surface area contributed by atoms with Crippen molar-refractivity contribution in [3.8, 4) is 92.5 Å². The Kier molecular flexibility index (Phi) is 7.84. The number of aromatic nitrogens is 5. The van der Waals surface area contributed by atoms with Gasteiger partial charge >= 0.3 is 0 Å². The maximum Gasteiger partial charge on any atom is 0.252 e. The molecule has 0 atom stereocenters. The predicted octanol–water partition coefficient (Wildman–Crippen LogP) is 11.5. The van der Waals surface area contributed by atoms with Crippen molar-refractivity contribution >= 4 is 66.7 Å². The highest BCUT2D eigenvalue weighted by molar-refractivity contribution is 7.00. The van der Waals surface area contributed by atoms with E-state index in [2.05, 4.69) is 154 Å². The largest absolute Gasteiger partial charge is 0.310 e.